The van der Waals surface area contributed by atoms with Crippen LogP contribution in [0.2, 0.25) is 0 Å². The summed E-state index contributed by atoms with van der Waals surface area (Å²) in [7, 11) is 1.49. The van der Waals surface area contributed by atoms with Crippen LogP contribution in [0.25, 0.3) is 0 Å². The number of ether oxygens (including phenoxy) is 3. The quantitative estimate of drug-likeness (QED) is 0.165. The Kier molecular flexibility index (Phi) is 13.7. The molecule has 6 heteroatoms. The number of aryl methyl sites for hydroxylation is 1. The van der Waals surface area contributed by atoms with Gasteiger partial charge in [0, 0.05) is 7.11 Å². The highest BCUT2D eigenvalue weighted by molar-refractivity contribution is 5.88. The molecule has 0 heterocycles. The second kappa shape index (κ2) is 16.4. The first-order valence-electron chi connectivity index (χ1n) is 13.8. The molecule has 1 saturated carbocycles. The molecule has 6 nitrogen and oxygen atoms in total. The van der Waals surface area contributed by atoms with Crippen LogP contribution in [-0.4, -0.2) is 50.6 Å². The van der Waals surface area contributed by atoms with Crippen LogP contribution in [-0.2, 0) is 30.2 Å². The zero-order valence-electron chi connectivity index (χ0n) is 23.1. The van der Waals surface area contributed by atoms with E-state index in [9.17, 15) is 14.7 Å². The number of aliphatic hydroxyl groups is 1. The SMILES string of the molecule is C=C(CO)C(=O)OCC(COC(=O)C(=C)COC)c1ccc(C2CCC(CCCCC)CC2)cc1CC. The van der Waals surface area contributed by atoms with Gasteiger partial charge in [-0.05, 0) is 60.6 Å². The fourth-order valence-corrected chi connectivity index (χ4v) is 5.13. The Balaban J connectivity index is 2.14. The van der Waals surface area contributed by atoms with Crippen molar-refractivity contribution in [3.05, 3.63) is 59.2 Å². The van der Waals surface area contributed by atoms with Gasteiger partial charge < -0.3 is 19.3 Å². The number of hydrogen-bond acceptors (Lipinski definition) is 6. The summed E-state index contributed by atoms with van der Waals surface area (Å²) >= 11 is 0. The molecular formula is C31H46O6. The number of carbonyl (C=O) groups is 2. The van der Waals surface area contributed by atoms with Crippen molar-refractivity contribution in [2.45, 2.75) is 83.5 Å². The third-order valence-corrected chi connectivity index (χ3v) is 7.44. The standard InChI is InChI=1S/C31H46O6/c1-6-8-9-10-24-11-13-26(14-12-24)27-15-16-29(25(7-2)17-27)28(20-36-30(33)22(3)18-32)21-37-31(34)23(4)19-35-5/h15-17,24,26,28,32H,3-4,6-14,18-21H2,1-2,5H3. The van der Waals surface area contributed by atoms with Crippen LogP contribution in [0.5, 0.6) is 0 Å². The number of aliphatic hydroxyl groups excluding tert-OH is 1. The van der Waals surface area contributed by atoms with E-state index in [1.54, 1.807) is 0 Å². The van der Waals surface area contributed by atoms with Gasteiger partial charge in [-0.3, -0.25) is 0 Å². The number of carbonyl (C=O) groups excluding carboxylic acids is 2. The van der Waals surface area contributed by atoms with Crippen molar-refractivity contribution in [1.29, 1.82) is 0 Å². The number of rotatable bonds is 16. The largest absolute Gasteiger partial charge is 0.461 e. The van der Waals surface area contributed by atoms with Crippen LogP contribution < -0.4 is 0 Å². The highest BCUT2D eigenvalue weighted by Crippen LogP contribution is 2.39. The average Bonchev–Trinajstić information content (AvgIpc) is 2.92. The van der Waals surface area contributed by atoms with E-state index >= 15 is 0 Å². The van der Waals surface area contributed by atoms with Gasteiger partial charge in [0.2, 0.25) is 0 Å². The van der Waals surface area contributed by atoms with Crippen LogP contribution in [0, 0.1) is 5.92 Å². The van der Waals surface area contributed by atoms with Gasteiger partial charge in [-0.25, -0.2) is 9.59 Å². The molecule has 1 aromatic rings. The second-order valence-electron chi connectivity index (χ2n) is 10.2. The Bertz CT molecular complexity index is 897. The maximum atomic E-state index is 12.3. The summed E-state index contributed by atoms with van der Waals surface area (Å²) in [5.74, 6) is -0.117. The average molecular weight is 515 g/mol. The molecular weight excluding hydrogens is 468 g/mol. The monoisotopic (exact) mass is 514 g/mol. The minimum atomic E-state index is -0.659. The van der Waals surface area contributed by atoms with E-state index in [1.165, 1.54) is 64.0 Å². The Hall–Kier alpha value is -2.44. The van der Waals surface area contributed by atoms with Crippen molar-refractivity contribution < 1.29 is 28.9 Å². The Morgan fingerprint density at radius 1 is 1.00 bits per heavy atom. The van der Waals surface area contributed by atoms with E-state index in [2.05, 4.69) is 45.2 Å². The smallest absolute Gasteiger partial charge is 0.335 e. The van der Waals surface area contributed by atoms with Gasteiger partial charge in [0.05, 0.1) is 30.3 Å². The first-order valence-corrected chi connectivity index (χ1v) is 13.8. The summed E-state index contributed by atoms with van der Waals surface area (Å²) in [6.07, 6.45) is 11.2. The van der Waals surface area contributed by atoms with E-state index in [-0.39, 0.29) is 36.9 Å². The Morgan fingerprint density at radius 3 is 2.22 bits per heavy atom. The first-order chi connectivity index (χ1) is 17.8. The van der Waals surface area contributed by atoms with Gasteiger partial charge in [0.15, 0.2) is 0 Å². The van der Waals surface area contributed by atoms with Crippen molar-refractivity contribution in [3.63, 3.8) is 0 Å². The molecule has 0 amide bonds. The predicted octanol–water partition coefficient (Wildman–Crippen LogP) is 6.02. The van der Waals surface area contributed by atoms with Crippen LogP contribution in [0.15, 0.2) is 42.5 Å². The number of benzene rings is 1. The van der Waals surface area contributed by atoms with Gasteiger partial charge in [-0.15, -0.1) is 0 Å². The van der Waals surface area contributed by atoms with E-state index < -0.39 is 18.5 Å². The molecule has 0 aliphatic heterocycles. The van der Waals surface area contributed by atoms with E-state index in [4.69, 9.17) is 14.2 Å². The lowest BCUT2D eigenvalue weighted by Crippen LogP contribution is -2.23. The minimum absolute atomic E-state index is 0.0110. The van der Waals surface area contributed by atoms with E-state index in [1.807, 2.05) is 0 Å². The summed E-state index contributed by atoms with van der Waals surface area (Å²) < 4.78 is 15.9. The molecule has 0 aromatic heterocycles. The van der Waals surface area contributed by atoms with Crippen LogP contribution in [0.3, 0.4) is 0 Å². The molecule has 206 valence electrons. The minimum Gasteiger partial charge on any atom is -0.461 e. The van der Waals surface area contributed by atoms with Crippen molar-refractivity contribution in [2.75, 3.05) is 33.5 Å². The summed E-state index contributed by atoms with van der Waals surface area (Å²) in [6.45, 7) is 11.3. The maximum Gasteiger partial charge on any atom is 0.335 e. The normalized spacial score (nSPS) is 18.2. The van der Waals surface area contributed by atoms with E-state index in [0.29, 0.717) is 5.92 Å². The predicted molar refractivity (Wildman–Crippen MR) is 147 cm³/mol. The van der Waals surface area contributed by atoms with Gasteiger partial charge in [-0.1, -0.05) is 70.9 Å². The number of esters is 2. The molecule has 0 saturated heterocycles. The molecule has 0 spiro atoms. The molecule has 1 fully saturated rings. The fourth-order valence-electron chi connectivity index (χ4n) is 5.13. The van der Waals surface area contributed by atoms with Crippen LogP contribution in [0.1, 0.15) is 93.7 Å². The molecule has 2 rings (SSSR count). The number of methoxy groups -OCH3 is 1. The number of hydrogen-bond donors (Lipinski definition) is 1. The molecule has 1 aliphatic carbocycles. The highest BCUT2D eigenvalue weighted by atomic mass is 16.5. The topological polar surface area (TPSA) is 82.1 Å². The fraction of sp³-hybridized carbons (Fsp3) is 0.613. The molecule has 1 N–H and O–H groups in total. The lowest BCUT2D eigenvalue weighted by atomic mass is 9.76. The van der Waals surface area contributed by atoms with Crippen LogP contribution in [0.4, 0.5) is 0 Å². The van der Waals surface area contributed by atoms with Gasteiger partial charge in [-0.2, -0.15) is 0 Å². The zero-order chi connectivity index (χ0) is 27.2. The van der Waals surface area contributed by atoms with Gasteiger partial charge in [0.25, 0.3) is 0 Å². The molecule has 37 heavy (non-hydrogen) atoms. The van der Waals surface area contributed by atoms with Gasteiger partial charge in [0.1, 0.15) is 13.2 Å². The molecule has 0 radical (unpaired) electrons. The Morgan fingerprint density at radius 2 is 1.65 bits per heavy atom. The van der Waals surface area contributed by atoms with Crippen molar-refractivity contribution >= 4 is 11.9 Å². The second-order valence-corrected chi connectivity index (χ2v) is 10.2. The maximum absolute atomic E-state index is 12.3. The van der Waals surface area contributed by atoms with Crippen LogP contribution >= 0.6 is 0 Å². The summed E-state index contributed by atoms with van der Waals surface area (Å²) in [5, 5.41) is 9.19. The zero-order valence-corrected chi connectivity index (χ0v) is 23.1. The first kappa shape index (κ1) is 30.8. The summed E-state index contributed by atoms with van der Waals surface area (Å²) in [5.41, 5.74) is 3.73. The summed E-state index contributed by atoms with van der Waals surface area (Å²) in [4.78, 5) is 24.5. The highest BCUT2D eigenvalue weighted by Gasteiger charge is 2.25. The molecule has 1 aromatic carbocycles. The molecule has 1 atom stereocenters. The van der Waals surface area contributed by atoms with E-state index in [0.717, 1.165) is 23.5 Å². The summed E-state index contributed by atoms with van der Waals surface area (Å²) in [6, 6.07) is 6.56. The van der Waals surface area contributed by atoms with Crippen molar-refractivity contribution in [3.8, 4) is 0 Å². The molecule has 1 unspecified atom stereocenters. The Labute approximate surface area is 223 Å². The lowest BCUT2D eigenvalue weighted by Gasteiger charge is -2.30. The third-order valence-electron chi connectivity index (χ3n) is 7.44. The third kappa shape index (κ3) is 9.75. The molecule has 0 bridgehead atoms. The van der Waals surface area contributed by atoms with Gasteiger partial charge >= 0.3 is 11.9 Å². The lowest BCUT2D eigenvalue weighted by molar-refractivity contribution is -0.143. The van der Waals surface area contributed by atoms with Crippen molar-refractivity contribution in [1.82, 2.24) is 0 Å². The van der Waals surface area contributed by atoms with Crippen molar-refractivity contribution in [2.24, 2.45) is 5.92 Å². The number of unbranched alkanes of at least 4 members (excludes halogenated alkanes) is 2. The molecule has 1 aliphatic rings.